The third kappa shape index (κ3) is 2.40. The second-order valence-corrected chi connectivity index (χ2v) is 5.80. The van der Waals surface area contributed by atoms with E-state index in [-0.39, 0.29) is 11.6 Å². The normalized spacial score (nSPS) is 14.3. The molecule has 2 heterocycles. The topological polar surface area (TPSA) is 96.7 Å². The van der Waals surface area contributed by atoms with E-state index in [2.05, 4.69) is 36.4 Å². The smallest absolute Gasteiger partial charge is 0.279 e. The molecule has 7 heteroatoms. The van der Waals surface area contributed by atoms with Crippen LogP contribution in [0.1, 0.15) is 40.5 Å². The van der Waals surface area contributed by atoms with E-state index in [1.807, 2.05) is 6.92 Å². The van der Waals surface area contributed by atoms with Gasteiger partial charge in [-0.15, -0.1) is 0 Å². The van der Waals surface area contributed by atoms with Gasteiger partial charge in [0.25, 0.3) is 5.91 Å². The van der Waals surface area contributed by atoms with E-state index in [4.69, 9.17) is 5.73 Å². The molecule has 1 fully saturated rings. The minimum Gasteiger partial charge on any atom is -0.395 e. The van der Waals surface area contributed by atoms with Crippen LogP contribution in [0.25, 0.3) is 0 Å². The van der Waals surface area contributed by atoms with Crippen LogP contribution < -0.4 is 11.1 Å². The quantitative estimate of drug-likeness (QED) is 0.803. The van der Waals surface area contributed by atoms with E-state index in [1.54, 1.807) is 12.3 Å². The lowest BCUT2D eigenvalue weighted by molar-refractivity contribution is 0.102. The summed E-state index contributed by atoms with van der Waals surface area (Å²) in [5.41, 5.74) is 8.50. The van der Waals surface area contributed by atoms with Gasteiger partial charge < -0.3 is 11.1 Å². The van der Waals surface area contributed by atoms with Crippen molar-refractivity contribution < 1.29 is 4.79 Å². The van der Waals surface area contributed by atoms with E-state index >= 15 is 0 Å². The van der Waals surface area contributed by atoms with Crippen LogP contribution in [0.4, 0.5) is 11.5 Å². The van der Waals surface area contributed by atoms with Crippen LogP contribution >= 0.6 is 15.9 Å². The number of aromatic amines is 1. The predicted molar refractivity (Wildman–Crippen MR) is 79.6 cm³/mol. The van der Waals surface area contributed by atoms with Crippen LogP contribution in [0.15, 0.2) is 16.7 Å². The molecule has 1 saturated carbocycles. The Labute approximate surface area is 124 Å². The zero-order chi connectivity index (χ0) is 14.3. The second-order valence-electron chi connectivity index (χ2n) is 4.95. The number of aromatic nitrogens is 3. The number of anilines is 2. The average Bonchev–Trinajstić information content (AvgIpc) is 3.17. The molecule has 0 aliphatic heterocycles. The summed E-state index contributed by atoms with van der Waals surface area (Å²) >= 11 is 3.37. The molecule has 0 spiro atoms. The number of carbonyl (C=O) groups excluding carboxylic acids is 1. The molecule has 4 N–H and O–H groups in total. The lowest BCUT2D eigenvalue weighted by Gasteiger charge is -2.05. The SMILES string of the molecule is Cc1cc(NC(=O)c2n[nH]c(C3CC3)c2N)ncc1Br. The Morgan fingerprint density at radius 3 is 2.95 bits per heavy atom. The van der Waals surface area contributed by atoms with E-state index in [0.717, 1.165) is 28.6 Å². The summed E-state index contributed by atoms with van der Waals surface area (Å²) in [6, 6.07) is 1.78. The Balaban J connectivity index is 1.80. The van der Waals surface area contributed by atoms with E-state index in [1.165, 1.54) is 0 Å². The van der Waals surface area contributed by atoms with Crippen molar-refractivity contribution in [2.75, 3.05) is 11.1 Å². The summed E-state index contributed by atoms with van der Waals surface area (Å²) in [4.78, 5) is 16.3. The first kappa shape index (κ1) is 13.1. The van der Waals surface area contributed by atoms with Gasteiger partial charge in [-0.25, -0.2) is 4.98 Å². The minimum absolute atomic E-state index is 0.231. The Kier molecular flexibility index (Phi) is 3.21. The Hall–Kier alpha value is -1.89. The van der Waals surface area contributed by atoms with Crippen LogP contribution in [-0.2, 0) is 0 Å². The van der Waals surface area contributed by atoms with Gasteiger partial charge in [-0.05, 0) is 47.3 Å². The first-order valence-electron chi connectivity index (χ1n) is 6.33. The number of H-pyrrole nitrogens is 1. The molecule has 1 aliphatic rings. The number of hydrogen-bond acceptors (Lipinski definition) is 4. The maximum Gasteiger partial charge on any atom is 0.279 e. The Bertz CT molecular complexity index is 677. The minimum atomic E-state index is -0.347. The molecule has 104 valence electrons. The fourth-order valence-electron chi connectivity index (χ4n) is 2.00. The van der Waals surface area contributed by atoms with Gasteiger partial charge in [0.05, 0.1) is 11.4 Å². The Morgan fingerprint density at radius 2 is 2.30 bits per heavy atom. The summed E-state index contributed by atoms with van der Waals surface area (Å²) in [5.74, 6) is 0.558. The third-order valence-electron chi connectivity index (χ3n) is 3.32. The average molecular weight is 336 g/mol. The van der Waals surface area contributed by atoms with Crippen LogP contribution in [0.2, 0.25) is 0 Å². The zero-order valence-electron chi connectivity index (χ0n) is 10.9. The van der Waals surface area contributed by atoms with Crippen molar-refractivity contribution in [3.05, 3.63) is 33.7 Å². The maximum absolute atomic E-state index is 12.2. The van der Waals surface area contributed by atoms with Gasteiger partial charge in [-0.3, -0.25) is 9.89 Å². The molecule has 2 aromatic heterocycles. The highest BCUT2D eigenvalue weighted by atomic mass is 79.9. The fraction of sp³-hybridized carbons (Fsp3) is 0.308. The molecule has 0 unspecified atom stereocenters. The number of carbonyl (C=O) groups is 1. The van der Waals surface area contributed by atoms with Crippen molar-refractivity contribution in [1.29, 1.82) is 0 Å². The van der Waals surface area contributed by atoms with Crippen LogP contribution in [-0.4, -0.2) is 21.1 Å². The molecule has 0 atom stereocenters. The number of nitrogen functional groups attached to an aromatic ring is 1. The lowest BCUT2D eigenvalue weighted by atomic mass is 10.2. The van der Waals surface area contributed by atoms with Crippen molar-refractivity contribution in [3.63, 3.8) is 0 Å². The summed E-state index contributed by atoms with van der Waals surface area (Å²) < 4.78 is 0.894. The van der Waals surface area contributed by atoms with Crippen molar-refractivity contribution in [2.24, 2.45) is 0 Å². The van der Waals surface area contributed by atoms with Gasteiger partial charge in [-0.2, -0.15) is 5.10 Å². The fourth-order valence-corrected chi connectivity index (χ4v) is 2.22. The van der Waals surface area contributed by atoms with Crippen LogP contribution in [0.5, 0.6) is 0 Å². The number of hydrogen-bond donors (Lipinski definition) is 3. The molecule has 0 radical (unpaired) electrons. The molecule has 1 aliphatic carbocycles. The predicted octanol–water partition coefficient (Wildman–Crippen LogP) is 2.59. The lowest BCUT2D eigenvalue weighted by Crippen LogP contribution is -2.15. The van der Waals surface area contributed by atoms with Crippen LogP contribution in [0, 0.1) is 6.92 Å². The Morgan fingerprint density at radius 1 is 1.55 bits per heavy atom. The second kappa shape index (κ2) is 4.90. The summed E-state index contributed by atoms with van der Waals surface area (Å²) in [6.45, 7) is 1.93. The highest BCUT2D eigenvalue weighted by Crippen LogP contribution is 2.42. The van der Waals surface area contributed by atoms with Crippen molar-refractivity contribution in [2.45, 2.75) is 25.7 Å². The molecule has 0 aromatic carbocycles. The van der Waals surface area contributed by atoms with Gasteiger partial charge in [0.2, 0.25) is 0 Å². The first-order valence-corrected chi connectivity index (χ1v) is 7.12. The van der Waals surface area contributed by atoms with E-state index in [0.29, 0.717) is 17.4 Å². The molecule has 1 amide bonds. The number of aryl methyl sites for hydroxylation is 1. The number of halogens is 1. The maximum atomic E-state index is 12.2. The molecular weight excluding hydrogens is 322 g/mol. The van der Waals surface area contributed by atoms with Gasteiger partial charge >= 0.3 is 0 Å². The summed E-state index contributed by atoms with van der Waals surface area (Å²) in [7, 11) is 0. The molecule has 0 bridgehead atoms. The molecule has 20 heavy (non-hydrogen) atoms. The highest BCUT2D eigenvalue weighted by Gasteiger charge is 2.30. The number of amides is 1. The highest BCUT2D eigenvalue weighted by molar-refractivity contribution is 9.10. The summed E-state index contributed by atoms with van der Waals surface area (Å²) in [5, 5.41) is 9.58. The van der Waals surface area contributed by atoms with Gasteiger partial charge in [0.15, 0.2) is 5.69 Å². The number of nitrogens with zero attached hydrogens (tertiary/aromatic N) is 2. The van der Waals surface area contributed by atoms with E-state index < -0.39 is 0 Å². The number of nitrogens with two attached hydrogens (primary N) is 1. The van der Waals surface area contributed by atoms with Gasteiger partial charge in [0.1, 0.15) is 5.82 Å². The van der Waals surface area contributed by atoms with Crippen molar-refractivity contribution in [3.8, 4) is 0 Å². The van der Waals surface area contributed by atoms with Gasteiger partial charge in [-0.1, -0.05) is 0 Å². The molecule has 2 aromatic rings. The summed E-state index contributed by atoms with van der Waals surface area (Å²) in [6.07, 6.45) is 3.84. The number of nitrogens with one attached hydrogen (secondary N) is 2. The molecule has 6 nitrogen and oxygen atoms in total. The molecular formula is C13H14BrN5O. The van der Waals surface area contributed by atoms with Crippen LogP contribution in [0.3, 0.4) is 0 Å². The molecule has 0 saturated heterocycles. The van der Waals surface area contributed by atoms with E-state index in [9.17, 15) is 4.79 Å². The first-order chi connectivity index (χ1) is 9.56. The largest absolute Gasteiger partial charge is 0.395 e. The van der Waals surface area contributed by atoms with Crippen molar-refractivity contribution in [1.82, 2.24) is 15.2 Å². The number of pyridine rings is 1. The number of rotatable bonds is 3. The standard InChI is InChI=1S/C13H14BrN5O/c1-6-4-9(16-5-8(6)14)17-13(20)12-10(15)11(18-19-12)7-2-3-7/h4-5,7H,2-3,15H2,1H3,(H,18,19)(H,16,17,20). The third-order valence-corrected chi connectivity index (χ3v) is 4.15. The van der Waals surface area contributed by atoms with Gasteiger partial charge in [0, 0.05) is 16.6 Å². The monoisotopic (exact) mass is 335 g/mol. The van der Waals surface area contributed by atoms with Crippen molar-refractivity contribution >= 4 is 33.3 Å². The zero-order valence-corrected chi connectivity index (χ0v) is 12.5. The molecule has 3 rings (SSSR count).